The first kappa shape index (κ1) is 39.7. The lowest BCUT2D eigenvalue weighted by Crippen LogP contribution is -2.58. The molecule has 0 aliphatic carbocycles. The zero-order valence-corrected chi connectivity index (χ0v) is 33.5. The zero-order chi connectivity index (χ0) is 39.4. The molecule has 5 atom stereocenters. The predicted octanol–water partition coefficient (Wildman–Crippen LogP) is 10.3. The van der Waals surface area contributed by atoms with Gasteiger partial charge in [0.2, 0.25) is 0 Å². The van der Waals surface area contributed by atoms with Crippen LogP contribution in [0, 0.1) is 0 Å². The van der Waals surface area contributed by atoms with E-state index in [1.807, 2.05) is 97.1 Å². The summed E-state index contributed by atoms with van der Waals surface area (Å²) in [5.41, 5.74) is 6.98. The van der Waals surface area contributed by atoms with Crippen LogP contribution < -0.4 is 0 Å². The molecular formula is C48H44ClN3O5S. The second-order valence-corrected chi connectivity index (χ2v) is 15.6. The van der Waals surface area contributed by atoms with Crippen LogP contribution in [0.1, 0.15) is 44.5 Å². The van der Waals surface area contributed by atoms with Crippen molar-refractivity contribution in [1.29, 1.82) is 0 Å². The van der Waals surface area contributed by atoms with E-state index in [0.29, 0.717) is 37.9 Å². The standard InChI is InChI=1S/C48H44ClN3O5S/c49-41-22-21-39(27-40(41)28-43-51-52-48(58-43)38-23-25-50-26-24-38)44-46(55-31-36-17-9-3-10-18-36)47(56-32-37-19-11-4-12-20-37)45(54-30-35-15-7-2-8-16-35)42(57-44)33-53-29-34-13-5-1-6-14-34/h1-27,42,44-47H,28-33H2/t42-,44?,45-,46+,47+/m1/s1. The third-order valence-electron chi connectivity index (χ3n) is 10.0. The van der Waals surface area contributed by atoms with Crippen molar-refractivity contribution < 1.29 is 23.7 Å². The Morgan fingerprint density at radius 1 is 0.569 bits per heavy atom. The van der Waals surface area contributed by atoms with E-state index in [1.54, 1.807) is 12.4 Å². The fourth-order valence-corrected chi connectivity index (χ4v) is 8.12. The molecule has 0 spiro atoms. The van der Waals surface area contributed by atoms with E-state index >= 15 is 0 Å². The van der Waals surface area contributed by atoms with E-state index in [0.717, 1.165) is 49.0 Å². The lowest BCUT2D eigenvalue weighted by Gasteiger charge is -2.46. The summed E-state index contributed by atoms with van der Waals surface area (Å²) in [6.45, 7) is 1.76. The fourth-order valence-electron chi connectivity index (χ4n) is 7.06. The van der Waals surface area contributed by atoms with Crippen molar-refractivity contribution in [2.75, 3.05) is 6.61 Å². The van der Waals surface area contributed by atoms with E-state index in [4.69, 9.17) is 35.3 Å². The molecular weight excluding hydrogens is 766 g/mol. The largest absolute Gasteiger partial charge is 0.374 e. The number of rotatable bonds is 17. The maximum atomic E-state index is 7.17. The smallest absolute Gasteiger partial charge is 0.147 e. The fraction of sp³-hybridized carbons (Fsp3) is 0.229. The molecule has 1 aliphatic heterocycles. The number of aromatic nitrogens is 3. The lowest BCUT2D eigenvalue weighted by atomic mass is 9.89. The quantitative estimate of drug-likeness (QED) is 0.0899. The molecule has 8 nitrogen and oxygen atoms in total. The first-order chi connectivity index (χ1) is 28.7. The molecule has 0 N–H and O–H groups in total. The highest BCUT2D eigenvalue weighted by Gasteiger charge is 2.49. The molecule has 7 aromatic rings. The molecule has 2 aromatic heterocycles. The first-order valence-corrected chi connectivity index (χ1v) is 20.6. The Morgan fingerprint density at radius 3 is 1.69 bits per heavy atom. The molecule has 1 fully saturated rings. The highest BCUT2D eigenvalue weighted by Crippen LogP contribution is 2.40. The molecule has 1 unspecified atom stereocenters. The van der Waals surface area contributed by atoms with Gasteiger partial charge in [0.1, 0.15) is 40.5 Å². The van der Waals surface area contributed by atoms with Crippen LogP contribution in [0.3, 0.4) is 0 Å². The third-order valence-corrected chi connectivity index (χ3v) is 11.4. The van der Waals surface area contributed by atoms with Crippen molar-refractivity contribution in [3.05, 3.63) is 207 Å². The molecule has 0 radical (unpaired) electrons. The topological polar surface area (TPSA) is 84.8 Å². The number of nitrogens with zero attached hydrogens (tertiary/aromatic N) is 3. The summed E-state index contributed by atoms with van der Waals surface area (Å²) in [5.74, 6) is 0. The molecule has 8 rings (SSSR count). The van der Waals surface area contributed by atoms with Crippen LogP contribution in [0.2, 0.25) is 5.02 Å². The van der Waals surface area contributed by atoms with Gasteiger partial charge in [0.05, 0.1) is 33.0 Å². The second-order valence-electron chi connectivity index (χ2n) is 14.1. The molecule has 3 heterocycles. The van der Waals surface area contributed by atoms with Gasteiger partial charge in [-0.3, -0.25) is 4.98 Å². The lowest BCUT2D eigenvalue weighted by molar-refractivity contribution is -0.275. The number of pyridine rings is 1. The molecule has 1 aliphatic rings. The summed E-state index contributed by atoms with van der Waals surface area (Å²) in [4.78, 5) is 4.14. The SMILES string of the molecule is Clc1ccc(C2O[C@H](COCc3ccccc3)[C@@H](OCc3ccccc3)[C@H](OCc3ccccc3)[C@H]2OCc2ccccc2)cc1Cc1nnc(-c2ccncc2)s1. The second kappa shape index (κ2) is 20.0. The van der Waals surface area contributed by atoms with Gasteiger partial charge >= 0.3 is 0 Å². The van der Waals surface area contributed by atoms with Gasteiger partial charge in [-0.25, -0.2) is 0 Å². The van der Waals surface area contributed by atoms with Crippen molar-refractivity contribution in [2.45, 2.75) is 63.4 Å². The molecule has 5 aromatic carbocycles. The van der Waals surface area contributed by atoms with Crippen LogP contribution in [0.5, 0.6) is 0 Å². The summed E-state index contributed by atoms with van der Waals surface area (Å²) in [7, 11) is 0. The average molecular weight is 810 g/mol. The van der Waals surface area contributed by atoms with Crippen molar-refractivity contribution in [1.82, 2.24) is 15.2 Å². The normalized spacial score (nSPS) is 19.2. The van der Waals surface area contributed by atoms with Crippen LogP contribution >= 0.6 is 22.9 Å². The van der Waals surface area contributed by atoms with Gasteiger partial charge in [-0.15, -0.1) is 10.2 Å². The Morgan fingerprint density at radius 2 is 1.10 bits per heavy atom. The third kappa shape index (κ3) is 10.5. The van der Waals surface area contributed by atoms with Gasteiger partial charge in [0.25, 0.3) is 0 Å². The Kier molecular flexibility index (Phi) is 13.7. The summed E-state index contributed by atoms with van der Waals surface area (Å²) in [5, 5.41) is 11.3. The van der Waals surface area contributed by atoms with Crippen LogP contribution in [0.25, 0.3) is 10.6 Å². The molecule has 0 saturated carbocycles. The predicted molar refractivity (Wildman–Crippen MR) is 226 cm³/mol. The van der Waals surface area contributed by atoms with Gasteiger partial charge in [0.15, 0.2) is 0 Å². The number of ether oxygens (including phenoxy) is 5. The maximum absolute atomic E-state index is 7.17. The van der Waals surface area contributed by atoms with E-state index in [2.05, 4.69) is 69.8 Å². The molecule has 0 amide bonds. The van der Waals surface area contributed by atoms with E-state index in [1.165, 1.54) is 11.3 Å². The van der Waals surface area contributed by atoms with Crippen LogP contribution in [-0.4, -0.2) is 46.2 Å². The highest BCUT2D eigenvalue weighted by molar-refractivity contribution is 7.14. The average Bonchev–Trinajstić information content (AvgIpc) is 3.75. The molecule has 58 heavy (non-hydrogen) atoms. The summed E-state index contributed by atoms with van der Waals surface area (Å²) >= 11 is 8.46. The van der Waals surface area contributed by atoms with Gasteiger partial charge < -0.3 is 23.7 Å². The van der Waals surface area contributed by atoms with Crippen LogP contribution in [0.15, 0.2) is 164 Å². The van der Waals surface area contributed by atoms with Crippen LogP contribution in [0.4, 0.5) is 0 Å². The highest BCUT2D eigenvalue weighted by atomic mass is 35.5. The molecule has 1 saturated heterocycles. The van der Waals surface area contributed by atoms with Crippen molar-refractivity contribution in [3.8, 4) is 10.6 Å². The van der Waals surface area contributed by atoms with E-state index in [9.17, 15) is 0 Å². The van der Waals surface area contributed by atoms with Crippen LogP contribution in [-0.2, 0) is 56.5 Å². The van der Waals surface area contributed by atoms with E-state index < -0.39 is 30.5 Å². The minimum absolute atomic E-state index is 0.268. The minimum atomic E-state index is -0.580. The van der Waals surface area contributed by atoms with Gasteiger partial charge in [0, 0.05) is 29.4 Å². The van der Waals surface area contributed by atoms with E-state index in [-0.39, 0.29) is 6.61 Å². The summed E-state index contributed by atoms with van der Waals surface area (Å²) < 4.78 is 34.4. The van der Waals surface area contributed by atoms with Crippen molar-refractivity contribution >= 4 is 22.9 Å². The van der Waals surface area contributed by atoms with Crippen molar-refractivity contribution in [2.24, 2.45) is 0 Å². The molecule has 0 bridgehead atoms. The molecule has 10 heteroatoms. The van der Waals surface area contributed by atoms with Gasteiger partial charge in [-0.1, -0.05) is 156 Å². The van der Waals surface area contributed by atoms with Crippen molar-refractivity contribution in [3.63, 3.8) is 0 Å². The monoisotopic (exact) mass is 809 g/mol. The number of hydrogen-bond donors (Lipinski definition) is 0. The Hall–Kier alpha value is -5.10. The summed E-state index contributed by atoms with van der Waals surface area (Å²) in [6, 6.07) is 50.5. The van der Waals surface area contributed by atoms with Gasteiger partial charge in [-0.2, -0.15) is 0 Å². The first-order valence-electron chi connectivity index (χ1n) is 19.4. The number of hydrogen-bond acceptors (Lipinski definition) is 9. The number of benzene rings is 5. The number of halogens is 1. The Bertz CT molecular complexity index is 2290. The van der Waals surface area contributed by atoms with Gasteiger partial charge in [-0.05, 0) is 51.6 Å². The Labute approximate surface area is 348 Å². The Balaban J connectivity index is 1.15. The minimum Gasteiger partial charge on any atom is -0.374 e. The molecule has 294 valence electrons. The maximum Gasteiger partial charge on any atom is 0.147 e. The zero-order valence-electron chi connectivity index (χ0n) is 31.9. The summed E-state index contributed by atoms with van der Waals surface area (Å²) in [6.07, 6.45) is 1.25.